The molecule has 5 heterocycles. The Morgan fingerprint density at radius 3 is 3.07 bits per heavy atom. The summed E-state index contributed by atoms with van der Waals surface area (Å²) in [6, 6.07) is 0.105. The molecule has 0 saturated carbocycles. The van der Waals surface area contributed by atoms with Crippen molar-refractivity contribution in [1.82, 2.24) is 39.0 Å². The zero-order valence-electron chi connectivity index (χ0n) is 16.3. The first-order valence-electron chi connectivity index (χ1n) is 10.2. The normalized spacial score (nSPS) is 18.8. The van der Waals surface area contributed by atoms with E-state index in [0.717, 1.165) is 57.0 Å². The van der Waals surface area contributed by atoms with Gasteiger partial charge in [0.1, 0.15) is 12.4 Å². The first-order chi connectivity index (χ1) is 14.3. The Morgan fingerprint density at radius 1 is 1.21 bits per heavy atom. The molecule has 1 unspecified atom stereocenters. The Morgan fingerprint density at radius 2 is 2.17 bits per heavy atom. The van der Waals surface area contributed by atoms with E-state index in [1.54, 1.807) is 23.4 Å². The van der Waals surface area contributed by atoms with Crippen LogP contribution in [0.25, 0.3) is 0 Å². The molecule has 2 aliphatic heterocycles. The van der Waals surface area contributed by atoms with Crippen LogP contribution in [0.4, 0.5) is 10.5 Å². The molecule has 0 radical (unpaired) electrons. The standard InChI is InChI=1S/C19H25N9O/c29-19(27-8-3-4-16(27)12-25-9-6-20-14-25)22-15-10-21-26(11-15)13-18-24-23-17-5-1-2-7-28(17)18/h6,9-11,14,16H,1-5,7-8,12-13H2,(H,22,29). The molecular weight excluding hydrogens is 370 g/mol. The highest BCUT2D eigenvalue weighted by Gasteiger charge is 2.29. The third-order valence-corrected chi connectivity index (χ3v) is 5.74. The number of nitrogens with one attached hydrogen (secondary N) is 1. The quantitative estimate of drug-likeness (QED) is 0.710. The summed E-state index contributed by atoms with van der Waals surface area (Å²) in [5, 5.41) is 16.0. The molecule has 29 heavy (non-hydrogen) atoms. The number of likely N-dealkylation sites (tertiary alicyclic amines) is 1. The van der Waals surface area contributed by atoms with Gasteiger partial charge in [-0.15, -0.1) is 10.2 Å². The molecule has 152 valence electrons. The minimum absolute atomic E-state index is 0.0768. The monoisotopic (exact) mass is 395 g/mol. The topological polar surface area (TPSA) is 98.7 Å². The summed E-state index contributed by atoms with van der Waals surface area (Å²) < 4.78 is 6.01. The fourth-order valence-corrected chi connectivity index (χ4v) is 4.27. The fraction of sp³-hybridized carbons (Fsp3) is 0.526. The lowest BCUT2D eigenvalue weighted by Crippen LogP contribution is -2.40. The number of rotatable bonds is 5. The molecule has 0 spiro atoms. The number of urea groups is 1. The van der Waals surface area contributed by atoms with Gasteiger partial charge in [-0.3, -0.25) is 4.68 Å². The lowest BCUT2D eigenvalue weighted by Gasteiger charge is -2.24. The first kappa shape index (κ1) is 17.9. The average Bonchev–Trinajstić information content (AvgIpc) is 3.51. The smallest absolute Gasteiger partial charge is 0.322 e. The fourth-order valence-electron chi connectivity index (χ4n) is 4.27. The maximum Gasteiger partial charge on any atom is 0.322 e. The Balaban J connectivity index is 1.22. The Bertz CT molecular complexity index is 974. The average molecular weight is 395 g/mol. The number of hydrogen-bond donors (Lipinski definition) is 1. The summed E-state index contributed by atoms with van der Waals surface area (Å²) in [6.07, 6.45) is 14.4. The van der Waals surface area contributed by atoms with Crippen LogP contribution >= 0.6 is 0 Å². The van der Waals surface area contributed by atoms with E-state index in [1.807, 2.05) is 21.9 Å². The van der Waals surface area contributed by atoms with Crippen LogP contribution in [0.15, 0.2) is 31.1 Å². The predicted molar refractivity (Wildman–Crippen MR) is 105 cm³/mol. The summed E-state index contributed by atoms with van der Waals surface area (Å²) in [4.78, 5) is 18.8. The van der Waals surface area contributed by atoms with Crippen molar-refractivity contribution in [2.24, 2.45) is 0 Å². The SMILES string of the molecule is O=C(Nc1cnn(Cc2nnc3n2CCCC3)c1)N1CCCC1Cn1ccnc1. The summed E-state index contributed by atoms with van der Waals surface area (Å²) in [6.45, 7) is 3.06. The molecule has 1 fully saturated rings. The number of nitrogens with zero attached hydrogens (tertiary/aromatic N) is 8. The third-order valence-electron chi connectivity index (χ3n) is 5.74. The molecule has 1 atom stereocenters. The van der Waals surface area contributed by atoms with Crippen molar-refractivity contribution >= 4 is 11.7 Å². The zero-order valence-corrected chi connectivity index (χ0v) is 16.3. The molecule has 3 aromatic rings. The van der Waals surface area contributed by atoms with Gasteiger partial charge in [-0.25, -0.2) is 9.78 Å². The van der Waals surface area contributed by atoms with Gasteiger partial charge in [0.15, 0.2) is 5.82 Å². The van der Waals surface area contributed by atoms with Gasteiger partial charge < -0.3 is 19.4 Å². The van der Waals surface area contributed by atoms with Crippen LogP contribution in [-0.4, -0.2) is 57.6 Å². The highest BCUT2D eigenvalue weighted by Crippen LogP contribution is 2.21. The van der Waals surface area contributed by atoms with E-state index in [1.165, 1.54) is 6.42 Å². The molecule has 1 N–H and O–H groups in total. The Kier molecular flexibility index (Phi) is 4.74. The van der Waals surface area contributed by atoms with Gasteiger partial charge in [0.05, 0.1) is 24.3 Å². The number of carbonyl (C=O) groups is 1. The molecule has 3 aromatic heterocycles. The van der Waals surface area contributed by atoms with Crippen molar-refractivity contribution in [3.05, 3.63) is 42.8 Å². The first-order valence-corrected chi connectivity index (χ1v) is 10.2. The van der Waals surface area contributed by atoms with Crippen molar-refractivity contribution in [2.75, 3.05) is 11.9 Å². The van der Waals surface area contributed by atoms with Crippen molar-refractivity contribution < 1.29 is 4.79 Å². The number of anilines is 1. The lowest BCUT2D eigenvalue weighted by atomic mass is 10.2. The molecule has 10 heteroatoms. The van der Waals surface area contributed by atoms with Gasteiger partial charge in [-0.05, 0) is 25.7 Å². The number of hydrogen-bond acceptors (Lipinski definition) is 5. The van der Waals surface area contributed by atoms with Gasteiger partial charge in [0.2, 0.25) is 0 Å². The number of amides is 2. The second-order valence-electron chi connectivity index (χ2n) is 7.75. The number of fused-ring (bicyclic) bond motifs is 1. The van der Waals surface area contributed by atoms with Gasteiger partial charge in [0, 0.05) is 44.6 Å². The maximum absolute atomic E-state index is 12.8. The molecule has 5 rings (SSSR count). The van der Waals surface area contributed by atoms with Gasteiger partial charge >= 0.3 is 6.03 Å². The van der Waals surface area contributed by atoms with E-state index >= 15 is 0 Å². The highest BCUT2D eigenvalue weighted by molar-refractivity contribution is 5.89. The Labute approximate surface area is 168 Å². The summed E-state index contributed by atoms with van der Waals surface area (Å²) >= 11 is 0. The third kappa shape index (κ3) is 3.74. The molecule has 0 aromatic carbocycles. The molecule has 0 aliphatic carbocycles. The van der Waals surface area contributed by atoms with E-state index in [2.05, 4.69) is 30.2 Å². The van der Waals surface area contributed by atoms with Crippen molar-refractivity contribution in [2.45, 2.75) is 57.8 Å². The number of aryl methyl sites for hydroxylation is 1. The van der Waals surface area contributed by atoms with Gasteiger partial charge in [-0.1, -0.05) is 0 Å². The predicted octanol–water partition coefficient (Wildman–Crippen LogP) is 1.75. The number of imidazole rings is 1. The van der Waals surface area contributed by atoms with Crippen LogP contribution < -0.4 is 5.32 Å². The van der Waals surface area contributed by atoms with Crippen LogP contribution in [0.5, 0.6) is 0 Å². The van der Waals surface area contributed by atoms with Crippen LogP contribution in [0.1, 0.15) is 37.3 Å². The molecular formula is C19H25N9O. The van der Waals surface area contributed by atoms with Crippen molar-refractivity contribution in [3.63, 3.8) is 0 Å². The van der Waals surface area contributed by atoms with E-state index < -0.39 is 0 Å². The molecule has 2 aliphatic rings. The molecule has 10 nitrogen and oxygen atoms in total. The largest absolute Gasteiger partial charge is 0.335 e. The zero-order chi connectivity index (χ0) is 19.6. The number of carbonyl (C=O) groups excluding carboxylic acids is 1. The summed E-state index contributed by atoms with van der Waals surface area (Å²) in [5.41, 5.74) is 0.696. The van der Waals surface area contributed by atoms with E-state index in [4.69, 9.17) is 0 Å². The van der Waals surface area contributed by atoms with Crippen LogP contribution in [0.2, 0.25) is 0 Å². The minimum Gasteiger partial charge on any atom is -0.335 e. The minimum atomic E-state index is -0.0768. The van der Waals surface area contributed by atoms with E-state index in [9.17, 15) is 4.79 Å². The van der Waals surface area contributed by atoms with Gasteiger partial charge in [0.25, 0.3) is 0 Å². The lowest BCUT2D eigenvalue weighted by molar-refractivity contribution is 0.201. The molecule has 0 bridgehead atoms. The van der Waals surface area contributed by atoms with Gasteiger partial charge in [-0.2, -0.15) is 5.10 Å². The summed E-state index contributed by atoms with van der Waals surface area (Å²) in [7, 11) is 0. The van der Waals surface area contributed by atoms with E-state index in [-0.39, 0.29) is 12.1 Å². The second-order valence-corrected chi connectivity index (χ2v) is 7.75. The van der Waals surface area contributed by atoms with E-state index in [0.29, 0.717) is 12.2 Å². The Hall–Kier alpha value is -3.17. The molecule has 1 saturated heterocycles. The summed E-state index contributed by atoms with van der Waals surface area (Å²) in [5.74, 6) is 1.98. The number of aromatic nitrogens is 7. The van der Waals surface area contributed by atoms with Crippen LogP contribution in [-0.2, 0) is 26.1 Å². The molecule has 2 amide bonds. The van der Waals surface area contributed by atoms with Crippen molar-refractivity contribution in [3.8, 4) is 0 Å². The maximum atomic E-state index is 12.8. The van der Waals surface area contributed by atoms with Crippen molar-refractivity contribution in [1.29, 1.82) is 0 Å². The van der Waals surface area contributed by atoms with Crippen LogP contribution in [0.3, 0.4) is 0 Å². The second kappa shape index (κ2) is 7.69. The van der Waals surface area contributed by atoms with Crippen LogP contribution in [0, 0.1) is 0 Å². The highest BCUT2D eigenvalue weighted by atomic mass is 16.2.